The van der Waals surface area contributed by atoms with Gasteiger partial charge in [0.15, 0.2) is 17.5 Å². The van der Waals surface area contributed by atoms with Crippen LogP contribution in [0, 0.1) is 5.92 Å². The van der Waals surface area contributed by atoms with Gasteiger partial charge in [-0.15, -0.1) is 24.0 Å². The van der Waals surface area contributed by atoms with E-state index in [-0.39, 0.29) is 24.0 Å². The standard InChI is InChI=1S/C20H33N3O3.HI/c1-5-21-20(22-11-13-26-15-17-6-7-17)23(2)12-10-16-8-9-18(24-3)19(14-16)25-4;/h8-9,14,17H,5-7,10-13,15H2,1-4H3,(H,21,22);1H. The highest BCUT2D eigenvalue weighted by Crippen LogP contribution is 2.29. The molecule has 0 radical (unpaired) electrons. The van der Waals surface area contributed by atoms with Gasteiger partial charge in [0.2, 0.25) is 0 Å². The van der Waals surface area contributed by atoms with Gasteiger partial charge in [0.1, 0.15) is 0 Å². The summed E-state index contributed by atoms with van der Waals surface area (Å²) in [6, 6.07) is 6.05. The molecule has 0 atom stereocenters. The van der Waals surface area contributed by atoms with Crippen molar-refractivity contribution in [2.24, 2.45) is 10.9 Å². The lowest BCUT2D eigenvalue weighted by Gasteiger charge is -2.22. The number of nitrogens with one attached hydrogen (secondary N) is 1. The monoisotopic (exact) mass is 491 g/mol. The van der Waals surface area contributed by atoms with E-state index in [1.807, 2.05) is 12.1 Å². The lowest BCUT2D eigenvalue weighted by atomic mass is 10.1. The van der Waals surface area contributed by atoms with Gasteiger partial charge in [-0.25, -0.2) is 0 Å². The number of ether oxygens (including phenoxy) is 3. The van der Waals surface area contributed by atoms with E-state index in [1.54, 1.807) is 14.2 Å². The van der Waals surface area contributed by atoms with Crippen molar-refractivity contribution in [2.45, 2.75) is 26.2 Å². The van der Waals surface area contributed by atoms with Crippen LogP contribution in [-0.2, 0) is 11.2 Å². The van der Waals surface area contributed by atoms with Gasteiger partial charge in [0.25, 0.3) is 0 Å². The zero-order valence-corrected chi connectivity index (χ0v) is 19.3. The minimum Gasteiger partial charge on any atom is -0.493 e. The van der Waals surface area contributed by atoms with Crippen LogP contribution in [0.15, 0.2) is 23.2 Å². The van der Waals surface area contributed by atoms with Crippen molar-refractivity contribution in [3.05, 3.63) is 23.8 Å². The number of likely N-dealkylation sites (N-methyl/N-ethyl adjacent to an activating group) is 1. The Hall–Kier alpha value is -1.22. The summed E-state index contributed by atoms with van der Waals surface area (Å²) in [5.74, 6) is 3.24. The molecule has 0 aliphatic heterocycles. The smallest absolute Gasteiger partial charge is 0.193 e. The highest BCUT2D eigenvalue weighted by molar-refractivity contribution is 14.0. The van der Waals surface area contributed by atoms with Gasteiger partial charge in [0.05, 0.1) is 27.4 Å². The Morgan fingerprint density at radius 1 is 1.22 bits per heavy atom. The highest BCUT2D eigenvalue weighted by Gasteiger charge is 2.20. The quantitative estimate of drug-likeness (QED) is 0.223. The molecular weight excluding hydrogens is 457 g/mol. The van der Waals surface area contributed by atoms with E-state index in [2.05, 4.69) is 35.2 Å². The minimum atomic E-state index is 0. The molecule has 0 saturated heterocycles. The van der Waals surface area contributed by atoms with E-state index >= 15 is 0 Å². The Bertz CT molecular complexity index is 580. The van der Waals surface area contributed by atoms with Gasteiger partial charge in [-0.1, -0.05) is 6.07 Å². The van der Waals surface area contributed by atoms with Gasteiger partial charge in [-0.3, -0.25) is 4.99 Å². The molecule has 0 amide bonds. The fraction of sp³-hybridized carbons (Fsp3) is 0.650. The maximum atomic E-state index is 5.66. The van der Waals surface area contributed by atoms with E-state index in [0.717, 1.165) is 49.5 Å². The van der Waals surface area contributed by atoms with E-state index in [4.69, 9.17) is 14.2 Å². The summed E-state index contributed by atoms with van der Waals surface area (Å²) in [5, 5.41) is 3.35. The Kier molecular flexibility index (Phi) is 11.5. The van der Waals surface area contributed by atoms with Crippen LogP contribution < -0.4 is 14.8 Å². The number of nitrogens with zero attached hydrogens (tertiary/aromatic N) is 2. The van der Waals surface area contributed by atoms with Gasteiger partial charge in [-0.05, 0) is 49.8 Å². The van der Waals surface area contributed by atoms with Crippen LogP contribution in [0.4, 0.5) is 0 Å². The van der Waals surface area contributed by atoms with Crippen LogP contribution in [0.1, 0.15) is 25.3 Å². The minimum absolute atomic E-state index is 0. The summed E-state index contributed by atoms with van der Waals surface area (Å²) in [5.41, 5.74) is 1.21. The molecule has 0 bridgehead atoms. The van der Waals surface area contributed by atoms with Crippen LogP contribution in [-0.4, -0.2) is 65.0 Å². The molecular formula is C20H34IN3O3. The molecule has 0 unspecified atom stereocenters. The summed E-state index contributed by atoms with van der Waals surface area (Å²) in [6.07, 6.45) is 3.55. The molecule has 1 N–H and O–H groups in total. The van der Waals surface area contributed by atoms with Gasteiger partial charge in [-0.2, -0.15) is 0 Å². The van der Waals surface area contributed by atoms with Crippen molar-refractivity contribution in [1.82, 2.24) is 10.2 Å². The van der Waals surface area contributed by atoms with Gasteiger partial charge < -0.3 is 24.4 Å². The molecule has 6 nitrogen and oxygen atoms in total. The summed E-state index contributed by atoms with van der Waals surface area (Å²) in [4.78, 5) is 6.82. The van der Waals surface area contributed by atoms with Crippen LogP contribution in [0.2, 0.25) is 0 Å². The predicted molar refractivity (Wildman–Crippen MR) is 121 cm³/mol. The van der Waals surface area contributed by atoms with Crippen molar-refractivity contribution >= 4 is 29.9 Å². The first-order valence-corrected chi connectivity index (χ1v) is 9.46. The summed E-state index contributed by atoms with van der Waals surface area (Å²) >= 11 is 0. The van der Waals surface area contributed by atoms with E-state index in [9.17, 15) is 0 Å². The molecule has 1 saturated carbocycles. The van der Waals surface area contributed by atoms with Crippen LogP contribution in [0.25, 0.3) is 0 Å². The number of guanidine groups is 1. The Labute approximate surface area is 180 Å². The number of halogens is 1. The second-order valence-corrected chi connectivity index (χ2v) is 6.61. The summed E-state index contributed by atoms with van der Waals surface area (Å²) < 4.78 is 16.3. The SMILES string of the molecule is CCNC(=NCCOCC1CC1)N(C)CCc1ccc(OC)c(OC)c1.I. The molecule has 1 aliphatic carbocycles. The zero-order valence-electron chi connectivity index (χ0n) is 17.0. The second kappa shape index (κ2) is 13.0. The number of aliphatic imine (C=N–C) groups is 1. The van der Waals surface area contributed by atoms with E-state index < -0.39 is 0 Å². The lowest BCUT2D eigenvalue weighted by molar-refractivity contribution is 0.131. The largest absolute Gasteiger partial charge is 0.493 e. The molecule has 1 aromatic rings. The number of rotatable bonds is 11. The van der Waals surface area contributed by atoms with Crippen LogP contribution in [0.3, 0.4) is 0 Å². The summed E-state index contributed by atoms with van der Waals surface area (Å²) in [6.45, 7) is 6.07. The van der Waals surface area contributed by atoms with Crippen molar-refractivity contribution in [2.75, 3.05) is 54.1 Å². The predicted octanol–water partition coefficient (Wildman–Crippen LogP) is 3.19. The molecule has 27 heavy (non-hydrogen) atoms. The fourth-order valence-electron chi connectivity index (χ4n) is 2.66. The third-order valence-corrected chi connectivity index (χ3v) is 4.43. The molecule has 1 aliphatic rings. The lowest BCUT2D eigenvalue weighted by Crippen LogP contribution is -2.40. The van der Waals surface area contributed by atoms with E-state index in [1.165, 1.54) is 18.4 Å². The fourth-order valence-corrected chi connectivity index (χ4v) is 2.66. The van der Waals surface area contributed by atoms with Crippen molar-refractivity contribution < 1.29 is 14.2 Å². The first kappa shape index (κ1) is 23.8. The van der Waals surface area contributed by atoms with Crippen LogP contribution in [0.5, 0.6) is 11.5 Å². The maximum Gasteiger partial charge on any atom is 0.193 e. The van der Waals surface area contributed by atoms with Crippen molar-refractivity contribution in [3.8, 4) is 11.5 Å². The Morgan fingerprint density at radius 2 is 1.96 bits per heavy atom. The molecule has 0 heterocycles. The van der Waals surface area contributed by atoms with E-state index in [0.29, 0.717) is 13.2 Å². The topological polar surface area (TPSA) is 55.3 Å². The van der Waals surface area contributed by atoms with Gasteiger partial charge >= 0.3 is 0 Å². The second-order valence-electron chi connectivity index (χ2n) is 6.61. The summed E-state index contributed by atoms with van der Waals surface area (Å²) in [7, 11) is 5.38. The average Bonchev–Trinajstić information content (AvgIpc) is 3.49. The molecule has 2 rings (SSSR count). The van der Waals surface area contributed by atoms with Crippen molar-refractivity contribution in [3.63, 3.8) is 0 Å². The average molecular weight is 491 g/mol. The number of hydrogen-bond acceptors (Lipinski definition) is 4. The number of hydrogen-bond donors (Lipinski definition) is 1. The molecule has 1 aromatic carbocycles. The first-order chi connectivity index (χ1) is 12.7. The number of benzene rings is 1. The highest BCUT2D eigenvalue weighted by atomic mass is 127. The molecule has 1 fully saturated rings. The first-order valence-electron chi connectivity index (χ1n) is 9.46. The third-order valence-electron chi connectivity index (χ3n) is 4.43. The number of methoxy groups -OCH3 is 2. The van der Waals surface area contributed by atoms with Crippen LogP contribution >= 0.6 is 24.0 Å². The molecule has 7 heteroatoms. The van der Waals surface area contributed by atoms with Crippen molar-refractivity contribution in [1.29, 1.82) is 0 Å². The third kappa shape index (κ3) is 8.55. The molecule has 0 aromatic heterocycles. The molecule has 0 spiro atoms. The Morgan fingerprint density at radius 3 is 2.59 bits per heavy atom. The maximum absolute atomic E-state index is 5.66. The normalized spacial score (nSPS) is 13.7. The molecule has 154 valence electrons. The zero-order chi connectivity index (χ0) is 18.8. The van der Waals surface area contributed by atoms with Gasteiger partial charge in [0, 0.05) is 26.7 Å². The Balaban J connectivity index is 0.00000364.